The van der Waals surface area contributed by atoms with Crippen molar-refractivity contribution in [1.29, 1.82) is 0 Å². The first-order chi connectivity index (χ1) is 12.8. The van der Waals surface area contributed by atoms with E-state index in [-0.39, 0.29) is 21.2 Å². The van der Waals surface area contributed by atoms with Crippen LogP contribution in [0.2, 0.25) is 5.02 Å². The van der Waals surface area contributed by atoms with E-state index >= 15 is 0 Å². The van der Waals surface area contributed by atoms with E-state index in [0.29, 0.717) is 5.69 Å². The van der Waals surface area contributed by atoms with Gasteiger partial charge in [-0.25, -0.2) is 12.8 Å². The third-order valence-electron chi connectivity index (χ3n) is 3.63. The minimum Gasteiger partial charge on any atom is -0.319 e. The van der Waals surface area contributed by atoms with Crippen LogP contribution in [0, 0.1) is 5.82 Å². The number of sulfonamides is 1. The van der Waals surface area contributed by atoms with Crippen LogP contribution in [0.5, 0.6) is 0 Å². The topological polar surface area (TPSA) is 75.3 Å². The van der Waals surface area contributed by atoms with Crippen LogP contribution in [-0.2, 0) is 10.0 Å². The number of nitrogens with one attached hydrogen (secondary N) is 2. The quantitative estimate of drug-likeness (QED) is 0.655. The zero-order valence-electron chi connectivity index (χ0n) is 13.8. The Morgan fingerprint density at radius 1 is 0.926 bits per heavy atom. The molecule has 0 fully saturated rings. The van der Waals surface area contributed by atoms with Crippen molar-refractivity contribution in [1.82, 2.24) is 0 Å². The Balaban J connectivity index is 1.75. The first-order valence-electron chi connectivity index (χ1n) is 7.79. The highest BCUT2D eigenvalue weighted by Gasteiger charge is 2.16. The highest BCUT2D eigenvalue weighted by atomic mass is 35.5. The summed E-state index contributed by atoms with van der Waals surface area (Å²) < 4.78 is 41.0. The van der Waals surface area contributed by atoms with Crippen LogP contribution in [-0.4, -0.2) is 14.3 Å². The maximum absolute atomic E-state index is 13.8. The van der Waals surface area contributed by atoms with E-state index < -0.39 is 21.7 Å². The van der Waals surface area contributed by atoms with Crippen LogP contribution in [0.25, 0.3) is 0 Å². The number of halogens is 2. The standard InChI is InChI=1S/C19H14ClFN2O3S/c20-14-8-11-18(17(21)12-14)22-19(24)13-6-9-16(10-7-13)27(25,26)23-15-4-2-1-3-5-15/h1-12,23H,(H,22,24). The number of hydrogen-bond donors (Lipinski definition) is 2. The fourth-order valence-electron chi connectivity index (χ4n) is 2.29. The number of hydrogen-bond acceptors (Lipinski definition) is 3. The summed E-state index contributed by atoms with van der Waals surface area (Å²) in [5, 5.41) is 2.63. The fourth-order valence-corrected chi connectivity index (χ4v) is 3.51. The van der Waals surface area contributed by atoms with Crippen molar-refractivity contribution < 1.29 is 17.6 Å². The van der Waals surface area contributed by atoms with Gasteiger partial charge in [0.1, 0.15) is 5.82 Å². The Kier molecular flexibility index (Phi) is 5.43. The van der Waals surface area contributed by atoms with Crippen LogP contribution in [0.4, 0.5) is 15.8 Å². The molecule has 0 aliphatic rings. The molecule has 0 bridgehead atoms. The van der Waals surface area contributed by atoms with E-state index in [1.54, 1.807) is 30.3 Å². The van der Waals surface area contributed by atoms with E-state index in [1.165, 1.54) is 36.4 Å². The smallest absolute Gasteiger partial charge is 0.261 e. The van der Waals surface area contributed by atoms with E-state index in [2.05, 4.69) is 10.0 Å². The van der Waals surface area contributed by atoms with Gasteiger partial charge in [0.15, 0.2) is 0 Å². The summed E-state index contributed by atoms with van der Waals surface area (Å²) in [7, 11) is -3.78. The highest BCUT2D eigenvalue weighted by molar-refractivity contribution is 7.92. The molecule has 5 nitrogen and oxygen atoms in total. The van der Waals surface area contributed by atoms with E-state index in [0.717, 1.165) is 6.07 Å². The fraction of sp³-hybridized carbons (Fsp3) is 0. The largest absolute Gasteiger partial charge is 0.319 e. The molecule has 3 aromatic carbocycles. The molecule has 1 amide bonds. The molecule has 0 saturated carbocycles. The molecule has 0 saturated heterocycles. The summed E-state index contributed by atoms with van der Waals surface area (Å²) in [5.41, 5.74) is 0.590. The van der Waals surface area contributed by atoms with Gasteiger partial charge in [0, 0.05) is 16.3 Å². The van der Waals surface area contributed by atoms with Crippen LogP contribution in [0.1, 0.15) is 10.4 Å². The van der Waals surface area contributed by atoms with E-state index in [4.69, 9.17) is 11.6 Å². The summed E-state index contributed by atoms with van der Waals surface area (Å²) in [5.74, 6) is -1.24. The maximum atomic E-state index is 13.8. The molecule has 0 unspecified atom stereocenters. The van der Waals surface area contributed by atoms with Crippen LogP contribution in [0.3, 0.4) is 0 Å². The number of rotatable bonds is 5. The molecule has 0 aromatic heterocycles. The van der Waals surface area contributed by atoms with Crippen LogP contribution < -0.4 is 10.0 Å². The molecule has 0 heterocycles. The zero-order chi connectivity index (χ0) is 19.4. The SMILES string of the molecule is O=C(Nc1ccc(Cl)cc1F)c1ccc(S(=O)(=O)Nc2ccccc2)cc1. The van der Waals surface area contributed by atoms with Crippen molar-refractivity contribution in [2.24, 2.45) is 0 Å². The Hall–Kier alpha value is -2.90. The number of amides is 1. The summed E-state index contributed by atoms with van der Waals surface area (Å²) in [6.45, 7) is 0. The third-order valence-corrected chi connectivity index (χ3v) is 5.26. The minimum atomic E-state index is -3.78. The third kappa shape index (κ3) is 4.64. The van der Waals surface area contributed by atoms with Crippen molar-refractivity contribution in [2.75, 3.05) is 10.0 Å². The molecule has 8 heteroatoms. The Morgan fingerprint density at radius 2 is 1.59 bits per heavy atom. The van der Waals surface area contributed by atoms with Gasteiger partial charge in [-0.15, -0.1) is 0 Å². The lowest BCUT2D eigenvalue weighted by Gasteiger charge is -2.09. The monoisotopic (exact) mass is 404 g/mol. The summed E-state index contributed by atoms with van der Waals surface area (Å²) in [4.78, 5) is 12.2. The zero-order valence-corrected chi connectivity index (χ0v) is 15.4. The summed E-state index contributed by atoms with van der Waals surface area (Å²) in [6.07, 6.45) is 0. The molecular formula is C19H14ClFN2O3S. The van der Waals surface area contributed by atoms with Gasteiger partial charge >= 0.3 is 0 Å². The molecule has 138 valence electrons. The number of carbonyl (C=O) groups excluding carboxylic acids is 1. The van der Waals surface area contributed by atoms with Gasteiger partial charge in [-0.3, -0.25) is 9.52 Å². The molecule has 27 heavy (non-hydrogen) atoms. The molecule has 0 aliphatic carbocycles. The normalized spacial score (nSPS) is 11.0. The maximum Gasteiger partial charge on any atom is 0.261 e. The average molecular weight is 405 g/mol. The molecule has 0 spiro atoms. The molecule has 0 radical (unpaired) electrons. The molecular weight excluding hydrogens is 391 g/mol. The lowest BCUT2D eigenvalue weighted by Crippen LogP contribution is -2.15. The number of anilines is 2. The van der Waals surface area contributed by atoms with Crippen molar-refractivity contribution in [3.05, 3.63) is 89.2 Å². The van der Waals surface area contributed by atoms with Gasteiger partial charge < -0.3 is 5.32 Å². The van der Waals surface area contributed by atoms with E-state index in [9.17, 15) is 17.6 Å². The van der Waals surface area contributed by atoms with E-state index in [1.807, 2.05) is 0 Å². The number of para-hydroxylation sites is 1. The predicted molar refractivity (Wildman–Crippen MR) is 103 cm³/mol. The highest BCUT2D eigenvalue weighted by Crippen LogP contribution is 2.20. The Morgan fingerprint density at radius 3 is 2.22 bits per heavy atom. The second kappa shape index (κ2) is 7.77. The van der Waals surface area contributed by atoms with Gasteiger partial charge in [-0.05, 0) is 54.6 Å². The van der Waals surface area contributed by atoms with Gasteiger partial charge in [0.05, 0.1) is 10.6 Å². The van der Waals surface area contributed by atoms with Gasteiger partial charge in [0.2, 0.25) is 0 Å². The minimum absolute atomic E-state index is 0.000534. The summed E-state index contributed by atoms with van der Waals surface area (Å²) >= 11 is 5.67. The van der Waals surface area contributed by atoms with Crippen molar-refractivity contribution in [3.8, 4) is 0 Å². The summed E-state index contributed by atoms with van der Waals surface area (Å²) in [6, 6.07) is 17.6. The van der Waals surface area contributed by atoms with Crippen LogP contribution in [0.15, 0.2) is 77.7 Å². The molecule has 3 aromatic rings. The lowest BCUT2D eigenvalue weighted by molar-refractivity contribution is 0.102. The molecule has 0 aliphatic heterocycles. The van der Waals surface area contributed by atoms with Crippen molar-refractivity contribution in [2.45, 2.75) is 4.90 Å². The second-order valence-electron chi connectivity index (χ2n) is 5.57. The van der Waals surface area contributed by atoms with Crippen molar-refractivity contribution in [3.63, 3.8) is 0 Å². The second-order valence-corrected chi connectivity index (χ2v) is 7.69. The first-order valence-corrected chi connectivity index (χ1v) is 9.65. The number of carbonyl (C=O) groups is 1. The van der Waals surface area contributed by atoms with Gasteiger partial charge in [-0.1, -0.05) is 29.8 Å². The Bertz CT molecular complexity index is 1070. The van der Waals surface area contributed by atoms with Crippen LogP contribution >= 0.6 is 11.6 Å². The van der Waals surface area contributed by atoms with Gasteiger partial charge in [-0.2, -0.15) is 0 Å². The predicted octanol–water partition coefficient (Wildman–Crippen LogP) is 4.53. The lowest BCUT2D eigenvalue weighted by atomic mass is 10.2. The first kappa shape index (κ1) is 18.9. The molecule has 3 rings (SSSR count). The number of benzene rings is 3. The molecule has 0 atom stereocenters. The molecule has 2 N–H and O–H groups in total. The van der Waals surface area contributed by atoms with Crippen molar-refractivity contribution >= 4 is 38.9 Å². The Labute approximate surface area is 160 Å². The average Bonchev–Trinajstić information content (AvgIpc) is 2.64. The van der Waals surface area contributed by atoms with Gasteiger partial charge in [0.25, 0.3) is 15.9 Å².